The van der Waals surface area contributed by atoms with Crippen molar-refractivity contribution in [3.63, 3.8) is 0 Å². The van der Waals surface area contributed by atoms with Crippen molar-refractivity contribution in [2.75, 3.05) is 0 Å². The van der Waals surface area contributed by atoms with Gasteiger partial charge in [0.15, 0.2) is 5.78 Å². The number of thiazole rings is 1. The maximum atomic E-state index is 12.1. The molecule has 5 nitrogen and oxygen atoms in total. The Hall–Kier alpha value is -3.13. The highest BCUT2D eigenvalue weighted by Crippen LogP contribution is 2.15. The number of Topliss-reactive ketones (excluding diaryl/α,β-unsaturated/α-hetero) is 1. The van der Waals surface area contributed by atoms with Crippen LogP contribution >= 0.6 is 11.3 Å². The van der Waals surface area contributed by atoms with Crippen molar-refractivity contribution >= 4 is 29.3 Å². The van der Waals surface area contributed by atoms with Gasteiger partial charge < -0.3 is 9.72 Å². The third-order valence-electron chi connectivity index (χ3n) is 3.31. The van der Waals surface area contributed by atoms with Gasteiger partial charge in [0.1, 0.15) is 5.75 Å². The number of halogens is 2. The monoisotopic (exact) mass is 374 g/mol. The highest BCUT2D eigenvalue weighted by molar-refractivity contribution is 7.07. The zero-order chi connectivity index (χ0) is 18.5. The number of H-pyrrole nitrogens is 1. The Morgan fingerprint density at radius 3 is 2.50 bits per heavy atom. The lowest BCUT2D eigenvalue weighted by Gasteiger charge is -2.03. The van der Waals surface area contributed by atoms with E-state index in [1.165, 1.54) is 30.6 Å². The molecular formula is C18H12F2N2O3S. The molecule has 0 atom stereocenters. The van der Waals surface area contributed by atoms with Crippen LogP contribution in [0, 0.1) is 0 Å². The smallest absolute Gasteiger partial charge is 0.387 e. The van der Waals surface area contributed by atoms with Crippen LogP contribution in [-0.4, -0.2) is 22.4 Å². The van der Waals surface area contributed by atoms with E-state index < -0.39 is 6.61 Å². The molecule has 0 fully saturated rings. The van der Waals surface area contributed by atoms with Crippen LogP contribution in [0.25, 0.3) is 12.2 Å². The van der Waals surface area contributed by atoms with Gasteiger partial charge in [0.05, 0.1) is 9.20 Å². The molecule has 1 N–H and O–H groups in total. The molecule has 0 aliphatic carbocycles. The zero-order valence-corrected chi connectivity index (χ0v) is 14.0. The van der Waals surface area contributed by atoms with Gasteiger partial charge in [-0.25, -0.2) is 0 Å². The summed E-state index contributed by atoms with van der Waals surface area (Å²) in [5.41, 5.74) is 0.775. The van der Waals surface area contributed by atoms with Crippen molar-refractivity contribution < 1.29 is 18.3 Å². The number of ether oxygens (including phenoxy) is 1. The number of alkyl halides is 2. The number of benzene rings is 1. The zero-order valence-electron chi connectivity index (χ0n) is 13.2. The lowest BCUT2D eigenvalue weighted by molar-refractivity contribution is -0.0498. The van der Waals surface area contributed by atoms with E-state index in [1.54, 1.807) is 30.3 Å². The molecule has 0 unspecified atom stereocenters. The topological polar surface area (TPSA) is 72.0 Å². The quantitative estimate of drug-likeness (QED) is 0.693. The van der Waals surface area contributed by atoms with Crippen molar-refractivity contribution in [1.29, 1.82) is 0 Å². The van der Waals surface area contributed by atoms with Crippen molar-refractivity contribution in [3.8, 4) is 5.75 Å². The van der Waals surface area contributed by atoms with E-state index in [9.17, 15) is 18.4 Å². The number of rotatable bonds is 5. The molecule has 0 amide bonds. The number of hydrogen-bond acceptors (Lipinski definition) is 5. The van der Waals surface area contributed by atoms with E-state index >= 15 is 0 Å². The minimum Gasteiger partial charge on any atom is -0.435 e. The van der Waals surface area contributed by atoms with Crippen molar-refractivity contribution in [2.24, 2.45) is 0 Å². The summed E-state index contributed by atoms with van der Waals surface area (Å²) in [5, 5.41) is 0. The highest BCUT2D eigenvalue weighted by Gasteiger charge is 2.04. The van der Waals surface area contributed by atoms with Gasteiger partial charge in [-0.05, 0) is 35.9 Å². The second-order valence-electron chi connectivity index (χ2n) is 5.12. The van der Waals surface area contributed by atoms with Gasteiger partial charge in [-0.2, -0.15) is 8.78 Å². The van der Waals surface area contributed by atoms with E-state index in [-0.39, 0.29) is 17.1 Å². The molecule has 26 heavy (non-hydrogen) atoms. The van der Waals surface area contributed by atoms with Crippen LogP contribution in [0.4, 0.5) is 8.78 Å². The molecule has 8 heteroatoms. The van der Waals surface area contributed by atoms with Gasteiger partial charge in [0, 0.05) is 24.0 Å². The van der Waals surface area contributed by atoms with Crippen LogP contribution in [0.3, 0.4) is 0 Å². The number of aromatic nitrogens is 2. The van der Waals surface area contributed by atoms with Gasteiger partial charge in [-0.15, -0.1) is 11.3 Å². The molecule has 3 rings (SSSR count). The van der Waals surface area contributed by atoms with Gasteiger partial charge in [-0.3, -0.25) is 14.6 Å². The van der Waals surface area contributed by atoms with Gasteiger partial charge in [0.25, 0.3) is 5.56 Å². The maximum absolute atomic E-state index is 12.1. The molecule has 0 saturated heterocycles. The second kappa shape index (κ2) is 7.83. The maximum Gasteiger partial charge on any atom is 0.387 e. The van der Waals surface area contributed by atoms with Crippen molar-refractivity contribution in [1.82, 2.24) is 9.97 Å². The van der Waals surface area contributed by atoms with Crippen LogP contribution < -0.4 is 19.5 Å². The first-order valence-electron chi connectivity index (χ1n) is 7.43. The third kappa shape index (κ3) is 4.48. The number of hydrogen-bond donors (Lipinski definition) is 1. The molecule has 0 aliphatic rings. The summed E-state index contributed by atoms with van der Waals surface area (Å²) in [6.07, 6.45) is 5.97. The van der Waals surface area contributed by atoms with Crippen LogP contribution in [-0.2, 0) is 0 Å². The Balaban J connectivity index is 1.88. The molecular weight excluding hydrogens is 362 g/mol. The lowest BCUT2D eigenvalue weighted by atomic mass is 10.2. The van der Waals surface area contributed by atoms with E-state index in [1.807, 2.05) is 0 Å². The molecule has 0 aliphatic heterocycles. The normalized spacial score (nSPS) is 12.6. The molecule has 132 valence electrons. The molecule has 0 radical (unpaired) electrons. The first kappa shape index (κ1) is 17.7. The van der Waals surface area contributed by atoms with E-state index in [2.05, 4.69) is 14.7 Å². The summed E-state index contributed by atoms with van der Waals surface area (Å²) in [6.45, 7) is -2.89. The summed E-state index contributed by atoms with van der Waals surface area (Å²) in [4.78, 5) is 30.6. The Morgan fingerprint density at radius 2 is 1.85 bits per heavy atom. The first-order chi connectivity index (χ1) is 12.5. The molecule has 2 heterocycles. The van der Waals surface area contributed by atoms with Gasteiger partial charge >= 0.3 is 6.61 Å². The van der Waals surface area contributed by atoms with Crippen molar-refractivity contribution in [2.45, 2.75) is 6.61 Å². The predicted molar refractivity (Wildman–Crippen MR) is 93.9 cm³/mol. The minimum absolute atomic E-state index is 0.0363. The second-order valence-corrected chi connectivity index (χ2v) is 6.20. The van der Waals surface area contributed by atoms with Crippen LogP contribution in [0.5, 0.6) is 5.75 Å². The van der Waals surface area contributed by atoms with Crippen molar-refractivity contribution in [3.05, 3.63) is 79.5 Å². The summed E-state index contributed by atoms with van der Waals surface area (Å²) in [6, 6.07) is 9.06. The summed E-state index contributed by atoms with van der Waals surface area (Å²) >= 11 is 1.13. The Bertz CT molecular complexity index is 1070. The minimum atomic E-state index is -2.89. The standard InChI is InChI=1S/C18H12F2N2O3S/c19-18(20)25-13-3-1-11(2-4-13)9-15-17(24)22-16(26-15)10-14(23)12-5-7-21-8-6-12/h1-10,18H,(H,22,24). The fraction of sp³-hybridized carbons (Fsp3) is 0.0556. The summed E-state index contributed by atoms with van der Waals surface area (Å²) in [7, 11) is 0. The number of carbonyl (C=O) groups is 1. The fourth-order valence-electron chi connectivity index (χ4n) is 2.14. The fourth-order valence-corrected chi connectivity index (χ4v) is 3.03. The number of aromatic amines is 1. The number of pyridine rings is 1. The molecule has 2 aromatic heterocycles. The molecule has 0 bridgehead atoms. The summed E-state index contributed by atoms with van der Waals surface area (Å²) in [5.74, 6) is -0.209. The van der Waals surface area contributed by atoms with Gasteiger partial charge in [0.2, 0.25) is 0 Å². The van der Waals surface area contributed by atoms with E-state index in [0.717, 1.165) is 11.3 Å². The lowest BCUT2D eigenvalue weighted by Crippen LogP contribution is -2.20. The SMILES string of the molecule is O=C(C=c1[nH]c(=O)c(=Cc2ccc(OC(F)F)cc2)s1)c1ccncc1. The van der Waals surface area contributed by atoms with Gasteiger partial charge in [-0.1, -0.05) is 12.1 Å². The molecule has 0 spiro atoms. The molecule has 1 aromatic carbocycles. The molecule has 3 aromatic rings. The Kier molecular flexibility index (Phi) is 5.33. The average molecular weight is 374 g/mol. The number of carbonyl (C=O) groups excluding carboxylic acids is 1. The predicted octanol–water partition coefficient (Wildman–Crippen LogP) is 1.92. The third-order valence-corrected chi connectivity index (χ3v) is 4.27. The Morgan fingerprint density at radius 1 is 1.15 bits per heavy atom. The number of ketones is 1. The average Bonchev–Trinajstić information content (AvgIpc) is 2.96. The number of nitrogens with one attached hydrogen (secondary N) is 1. The highest BCUT2D eigenvalue weighted by atomic mass is 32.1. The first-order valence-corrected chi connectivity index (χ1v) is 8.25. The van der Waals surface area contributed by atoms with Crippen LogP contribution in [0.15, 0.2) is 53.6 Å². The Labute approximate surface area is 149 Å². The number of nitrogens with zero attached hydrogens (tertiary/aromatic N) is 1. The van der Waals surface area contributed by atoms with Crippen LogP contribution in [0.2, 0.25) is 0 Å². The summed E-state index contributed by atoms with van der Waals surface area (Å²) < 4.78 is 29.4. The van der Waals surface area contributed by atoms with E-state index in [0.29, 0.717) is 20.3 Å². The van der Waals surface area contributed by atoms with Crippen LogP contribution in [0.1, 0.15) is 15.9 Å². The largest absolute Gasteiger partial charge is 0.435 e. The molecule has 0 saturated carbocycles. The van der Waals surface area contributed by atoms with E-state index in [4.69, 9.17) is 0 Å².